The van der Waals surface area contributed by atoms with E-state index in [0.29, 0.717) is 6.54 Å². The summed E-state index contributed by atoms with van der Waals surface area (Å²) in [5.74, 6) is 0.816. The number of rotatable bonds is 2. The smallest absolute Gasteiger partial charge is 0.254 e. The fourth-order valence-electron chi connectivity index (χ4n) is 4.31. The van der Waals surface area contributed by atoms with Crippen molar-refractivity contribution in [2.75, 3.05) is 31.9 Å². The summed E-state index contributed by atoms with van der Waals surface area (Å²) in [5.41, 5.74) is -0.0582. The Morgan fingerprint density at radius 1 is 1.12 bits per heavy atom. The largest absolute Gasteiger partial charge is 0.340 e. The van der Waals surface area contributed by atoms with Crippen LogP contribution in [-0.2, 0) is 11.3 Å². The molecule has 25 heavy (non-hydrogen) atoms. The fraction of sp³-hybridized carbons (Fsp3) is 0.722. The zero-order chi connectivity index (χ0) is 17.2. The molecule has 1 amide bonds. The van der Waals surface area contributed by atoms with E-state index in [4.69, 9.17) is 0 Å². The number of amides is 1. The summed E-state index contributed by atoms with van der Waals surface area (Å²) >= 11 is 1.52. The Labute approximate surface area is 152 Å². The van der Waals surface area contributed by atoms with E-state index in [1.807, 2.05) is 4.90 Å². The summed E-state index contributed by atoms with van der Waals surface area (Å²) in [4.78, 5) is 33.8. The van der Waals surface area contributed by atoms with Crippen LogP contribution in [-0.4, -0.2) is 63.2 Å². The van der Waals surface area contributed by atoms with Crippen LogP contribution in [0.15, 0.2) is 22.2 Å². The monoisotopic (exact) mass is 362 g/mol. The molecular weight excluding hydrogens is 336 g/mol. The summed E-state index contributed by atoms with van der Waals surface area (Å²) < 4.78 is 1.65. The summed E-state index contributed by atoms with van der Waals surface area (Å²) in [6.07, 6.45) is 8.27. The lowest BCUT2D eigenvalue weighted by atomic mass is 9.94. The third-order valence-corrected chi connectivity index (χ3v) is 6.93. The van der Waals surface area contributed by atoms with Crippen LogP contribution in [0.1, 0.15) is 32.1 Å². The van der Waals surface area contributed by atoms with Crippen molar-refractivity contribution in [3.8, 4) is 0 Å². The Morgan fingerprint density at radius 2 is 1.88 bits per heavy atom. The first kappa shape index (κ1) is 17.1. The molecule has 3 aliphatic rings. The van der Waals surface area contributed by atoms with Gasteiger partial charge in [0.25, 0.3) is 5.56 Å². The average Bonchev–Trinajstić information content (AvgIpc) is 2.68. The van der Waals surface area contributed by atoms with E-state index in [2.05, 4.69) is 9.88 Å². The lowest BCUT2D eigenvalue weighted by Crippen LogP contribution is -2.54. The van der Waals surface area contributed by atoms with Gasteiger partial charge in [-0.3, -0.25) is 19.1 Å². The van der Waals surface area contributed by atoms with Gasteiger partial charge in [-0.15, -0.1) is 0 Å². The van der Waals surface area contributed by atoms with Gasteiger partial charge in [-0.25, -0.2) is 4.98 Å². The molecule has 1 aliphatic carbocycles. The first-order valence-electron chi connectivity index (χ1n) is 9.44. The number of carbonyl (C=O) groups is 1. The van der Waals surface area contributed by atoms with Gasteiger partial charge in [-0.2, -0.15) is 0 Å². The number of hydrogen-bond acceptors (Lipinski definition) is 5. The number of aromatic nitrogens is 2. The van der Waals surface area contributed by atoms with Crippen LogP contribution in [0.4, 0.5) is 0 Å². The molecule has 1 unspecified atom stereocenters. The first-order chi connectivity index (χ1) is 12.2. The van der Waals surface area contributed by atoms with Gasteiger partial charge in [0.05, 0.1) is 5.92 Å². The Hall–Kier alpha value is -1.34. The van der Waals surface area contributed by atoms with Crippen LogP contribution >= 0.6 is 11.8 Å². The highest BCUT2D eigenvalue weighted by molar-refractivity contribution is 7.99. The zero-order valence-corrected chi connectivity index (χ0v) is 15.4. The topological polar surface area (TPSA) is 58.4 Å². The normalized spacial score (nSPS) is 25.6. The molecule has 3 heterocycles. The Balaban J connectivity index is 1.35. The van der Waals surface area contributed by atoms with Gasteiger partial charge in [0.1, 0.15) is 0 Å². The number of fused-ring (bicyclic) bond motifs is 1. The third kappa shape index (κ3) is 3.62. The van der Waals surface area contributed by atoms with E-state index in [9.17, 15) is 9.59 Å². The maximum absolute atomic E-state index is 12.9. The maximum Gasteiger partial charge on any atom is 0.254 e. The van der Waals surface area contributed by atoms with Crippen LogP contribution in [0, 0.1) is 5.92 Å². The Kier molecular flexibility index (Phi) is 5.12. The van der Waals surface area contributed by atoms with Crippen LogP contribution < -0.4 is 5.56 Å². The maximum atomic E-state index is 12.9. The predicted molar refractivity (Wildman–Crippen MR) is 97.7 cm³/mol. The molecule has 7 heteroatoms. The molecule has 0 bridgehead atoms. The third-order valence-electron chi connectivity index (χ3n) is 5.78. The SMILES string of the molecule is O=C(C1CSc2nccc(=O)n2C1)N1CCN(C2CCCCC2)CC1. The molecule has 1 aromatic rings. The molecule has 1 saturated heterocycles. The standard InChI is InChI=1S/C18H26N4O2S/c23-16-6-7-19-18-22(16)12-14(13-25-18)17(24)21-10-8-20(9-11-21)15-4-2-1-3-5-15/h6-7,14-15H,1-5,8-13H2. The lowest BCUT2D eigenvalue weighted by molar-refractivity contribution is -0.137. The van der Waals surface area contributed by atoms with Crippen molar-refractivity contribution in [3.63, 3.8) is 0 Å². The highest BCUT2D eigenvalue weighted by atomic mass is 32.2. The Morgan fingerprint density at radius 3 is 2.64 bits per heavy atom. The highest BCUT2D eigenvalue weighted by Crippen LogP contribution is 2.27. The van der Waals surface area contributed by atoms with Gasteiger partial charge in [-0.05, 0) is 12.8 Å². The molecular formula is C18H26N4O2S. The first-order valence-corrected chi connectivity index (χ1v) is 10.4. The van der Waals surface area contributed by atoms with E-state index < -0.39 is 0 Å². The quantitative estimate of drug-likeness (QED) is 0.745. The van der Waals surface area contributed by atoms with E-state index in [0.717, 1.165) is 43.1 Å². The van der Waals surface area contributed by atoms with Crippen molar-refractivity contribution in [3.05, 3.63) is 22.6 Å². The number of carbonyl (C=O) groups excluding carboxylic acids is 1. The van der Waals surface area contributed by atoms with Crippen molar-refractivity contribution in [2.24, 2.45) is 5.92 Å². The van der Waals surface area contributed by atoms with Crippen molar-refractivity contribution in [1.82, 2.24) is 19.4 Å². The molecule has 1 aromatic heterocycles. The van der Waals surface area contributed by atoms with Crippen molar-refractivity contribution >= 4 is 17.7 Å². The van der Waals surface area contributed by atoms with Gasteiger partial charge in [-0.1, -0.05) is 31.0 Å². The van der Waals surface area contributed by atoms with Gasteiger partial charge in [0.2, 0.25) is 5.91 Å². The second-order valence-corrected chi connectivity index (χ2v) is 8.32. The molecule has 0 spiro atoms. The van der Waals surface area contributed by atoms with Crippen LogP contribution in [0.25, 0.3) is 0 Å². The molecule has 0 radical (unpaired) electrons. The van der Waals surface area contributed by atoms with E-state index in [-0.39, 0.29) is 17.4 Å². The molecule has 136 valence electrons. The van der Waals surface area contributed by atoms with Gasteiger partial charge in [0.15, 0.2) is 5.16 Å². The molecule has 2 fully saturated rings. The number of thioether (sulfide) groups is 1. The van der Waals surface area contributed by atoms with Gasteiger partial charge in [0, 0.05) is 56.8 Å². The second-order valence-electron chi connectivity index (χ2n) is 7.34. The minimum atomic E-state index is -0.111. The highest BCUT2D eigenvalue weighted by Gasteiger charge is 2.32. The van der Waals surface area contributed by atoms with E-state index in [1.165, 1.54) is 49.9 Å². The summed E-state index contributed by atoms with van der Waals surface area (Å²) in [7, 11) is 0. The predicted octanol–water partition coefficient (Wildman–Crippen LogP) is 1.44. The molecule has 6 nitrogen and oxygen atoms in total. The average molecular weight is 362 g/mol. The number of nitrogens with zero attached hydrogens (tertiary/aromatic N) is 4. The van der Waals surface area contributed by atoms with Crippen LogP contribution in [0.2, 0.25) is 0 Å². The molecule has 1 saturated carbocycles. The summed E-state index contributed by atoms with van der Waals surface area (Å²) in [5, 5.41) is 0.735. The van der Waals surface area contributed by atoms with Gasteiger partial charge < -0.3 is 4.90 Å². The minimum absolute atomic E-state index is 0.0582. The molecule has 0 N–H and O–H groups in total. The number of piperazine rings is 1. The van der Waals surface area contributed by atoms with E-state index >= 15 is 0 Å². The second kappa shape index (κ2) is 7.50. The van der Waals surface area contributed by atoms with Gasteiger partial charge >= 0.3 is 0 Å². The summed E-state index contributed by atoms with van der Waals surface area (Å²) in [6, 6.07) is 2.20. The fourth-order valence-corrected chi connectivity index (χ4v) is 5.37. The molecule has 0 aromatic carbocycles. The van der Waals surface area contributed by atoms with Crippen LogP contribution in [0.3, 0.4) is 0 Å². The zero-order valence-electron chi connectivity index (χ0n) is 14.6. The van der Waals surface area contributed by atoms with Crippen molar-refractivity contribution in [1.29, 1.82) is 0 Å². The molecule has 1 atom stereocenters. The molecule has 4 rings (SSSR count). The number of hydrogen-bond donors (Lipinski definition) is 0. The Bertz CT molecular complexity index is 678. The summed E-state index contributed by atoms with van der Waals surface area (Å²) in [6.45, 7) is 4.11. The lowest BCUT2D eigenvalue weighted by Gasteiger charge is -2.41. The van der Waals surface area contributed by atoms with Crippen molar-refractivity contribution < 1.29 is 4.79 Å². The minimum Gasteiger partial charge on any atom is -0.340 e. The molecule has 2 aliphatic heterocycles. The van der Waals surface area contributed by atoms with E-state index in [1.54, 1.807) is 10.8 Å². The van der Waals surface area contributed by atoms with Crippen LogP contribution in [0.5, 0.6) is 0 Å². The van der Waals surface area contributed by atoms with Crippen molar-refractivity contribution in [2.45, 2.75) is 49.8 Å².